The van der Waals surface area contributed by atoms with Crippen LogP contribution < -0.4 is 14.8 Å². The van der Waals surface area contributed by atoms with Gasteiger partial charge in [0.05, 0.1) is 11.5 Å². The van der Waals surface area contributed by atoms with Gasteiger partial charge in [0.2, 0.25) is 5.82 Å². The minimum atomic E-state index is -0.562. The molecule has 3 rings (SSSR count). The third kappa shape index (κ3) is 4.35. The van der Waals surface area contributed by atoms with Crippen LogP contribution in [0.3, 0.4) is 0 Å². The molecule has 0 radical (unpaired) electrons. The Morgan fingerprint density at radius 1 is 1.04 bits per heavy atom. The second kappa shape index (κ2) is 8.34. The van der Waals surface area contributed by atoms with Crippen LogP contribution in [0, 0.1) is 24.0 Å². The van der Waals surface area contributed by atoms with E-state index in [2.05, 4.69) is 15.3 Å². The van der Waals surface area contributed by atoms with Gasteiger partial charge >= 0.3 is 11.6 Å². The van der Waals surface area contributed by atoms with E-state index in [0.29, 0.717) is 23.8 Å². The molecule has 0 amide bonds. The Kier molecular flexibility index (Phi) is 5.69. The molecule has 28 heavy (non-hydrogen) atoms. The Labute approximate surface area is 162 Å². The van der Waals surface area contributed by atoms with Gasteiger partial charge in [-0.1, -0.05) is 6.07 Å². The summed E-state index contributed by atoms with van der Waals surface area (Å²) >= 11 is 0. The molecule has 0 bridgehead atoms. The van der Waals surface area contributed by atoms with E-state index in [1.807, 2.05) is 26.8 Å². The molecule has 2 aromatic carbocycles. The highest BCUT2D eigenvalue weighted by atomic mass is 16.6. The Bertz CT molecular complexity index is 990. The summed E-state index contributed by atoms with van der Waals surface area (Å²) in [5, 5.41) is 14.6. The van der Waals surface area contributed by atoms with Crippen molar-refractivity contribution in [1.29, 1.82) is 0 Å². The van der Waals surface area contributed by atoms with Gasteiger partial charge in [0.15, 0.2) is 0 Å². The Morgan fingerprint density at radius 3 is 2.39 bits per heavy atom. The number of nitrogens with one attached hydrogen (secondary N) is 1. The average molecular weight is 380 g/mol. The molecule has 1 aromatic heterocycles. The minimum absolute atomic E-state index is 0.0444. The lowest BCUT2D eigenvalue weighted by molar-refractivity contribution is -0.385. The quantitative estimate of drug-likeness (QED) is 0.458. The molecule has 3 aromatic rings. The molecular formula is C20H20N4O4. The zero-order valence-electron chi connectivity index (χ0n) is 15.8. The number of hydrogen-bond donors (Lipinski definition) is 1. The molecule has 0 saturated heterocycles. The van der Waals surface area contributed by atoms with Crippen molar-refractivity contribution in [2.24, 2.45) is 0 Å². The van der Waals surface area contributed by atoms with Crippen LogP contribution in [0.1, 0.15) is 18.1 Å². The van der Waals surface area contributed by atoms with Gasteiger partial charge in [0.25, 0.3) is 0 Å². The highest BCUT2D eigenvalue weighted by molar-refractivity contribution is 5.69. The summed E-state index contributed by atoms with van der Waals surface area (Å²) in [7, 11) is 0. The number of benzene rings is 2. The van der Waals surface area contributed by atoms with E-state index in [4.69, 9.17) is 9.47 Å². The van der Waals surface area contributed by atoms with E-state index in [9.17, 15) is 10.1 Å². The van der Waals surface area contributed by atoms with Crippen molar-refractivity contribution >= 4 is 17.2 Å². The smallest absolute Gasteiger partial charge is 0.373 e. The van der Waals surface area contributed by atoms with Crippen LogP contribution in [0.2, 0.25) is 0 Å². The first-order valence-corrected chi connectivity index (χ1v) is 8.72. The van der Waals surface area contributed by atoms with Crippen LogP contribution >= 0.6 is 0 Å². The number of nitro groups is 1. The average Bonchev–Trinajstić information content (AvgIpc) is 2.66. The number of ether oxygens (including phenoxy) is 2. The first-order valence-electron chi connectivity index (χ1n) is 8.72. The molecule has 0 aliphatic rings. The van der Waals surface area contributed by atoms with Gasteiger partial charge in [0.1, 0.15) is 17.8 Å². The van der Waals surface area contributed by atoms with Gasteiger partial charge in [-0.25, -0.2) is 4.98 Å². The van der Waals surface area contributed by atoms with Crippen molar-refractivity contribution in [3.63, 3.8) is 0 Å². The predicted molar refractivity (Wildman–Crippen MR) is 106 cm³/mol. The number of aromatic nitrogens is 2. The van der Waals surface area contributed by atoms with E-state index in [0.717, 1.165) is 11.1 Å². The number of hydrogen-bond acceptors (Lipinski definition) is 7. The number of anilines is 2. The Morgan fingerprint density at radius 2 is 1.75 bits per heavy atom. The second-order valence-electron chi connectivity index (χ2n) is 6.06. The third-order valence-electron chi connectivity index (χ3n) is 4.09. The van der Waals surface area contributed by atoms with E-state index in [-0.39, 0.29) is 17.4 Å². The van der Waals surface area contributed by atoms with Gasteiger partial charge in [-0.2, -0.15) is 4.98 Å². The summed E-state index contributed by atoms with van der Waals surface area (Å²) in [6, 6.07) is 12.5. The molecule has 0 aliphatic carbocycles. The fourth-order valence-electron chi connectivity index (χ4n) is 2.52. The van der Waals surface area contributed by atoms with Crippen LogP contribution in [0.5, 0.6) is 17.4 Å². The van der Waals surface area contributed by atoms with Crippen LogP contribution in [-0.2, 0) is 0 Å². The Hall–Kier alpha value is -3.68. The van der Waals surface area contributed by atoms with E-state index in [1.54, 1.807) is 36.4 Å². The second-order valence-corrected chi connectivity index (χ2v) is 6.06. The summed E-state index contributed by atoms with van der Waals surface area (Å²) in [6.07, 6.45) is 1.22. The monoisotopic (exact) mass is 380 g/mol. The summed E-state index contributed by atoms with van der Waals surface area (Å²) in [6.45, 7) is 6.37. The van der Waals surface area contributed by atoms with Crippen molar-refractivity contribution in [3.8, 4) is 17.4 Å². The van der Waals surface area contributed by atoms with Crippen molar-refractivity contribution in [2.45, 2.75) is 20.8 Å². The van der Waals surface area contributed by atoms with Crippen molar-refractivity contribution in [2.75, 3.05) is 11.9 Å². The number of rotatable bonds is 7. The Balaban J connectivity index is 1.90. The van der Waals surface area contributed by atoms with Crippen LogP contribution in [0.4, 0.5) is 17.2 Å². The summed E-state index contributed by atoms with van der Waals surface area (Å²) in [5.41, 5.74) is 2.40. The molecular weight excluding hydrogens is 360 g/mol. The lowest BCUT2D eigenvalue weighted by atomic mass is 10.1. The van der Waals surface area contributed by atoms with E-state index < -0.39 is 4.92 Å². The van der Waals surface area contributed by atoms with E-state index >= 15 is 0 Å². The molecule has 0 spiro atoms. The normalized spacial score (nSPS) is 10.4. The van der Waals surface area contributed by atoms with Crippen LogP contribution in [0.25, 0.3) is 0 Å². The van der Waals surface area contributed by atoms with Crippen LogP contribution in [-0.4, -0.2) is 21.5 Å². The molecule has 0 fully saturated rings. The first kappa shape index (κ1) is 19.1. The highest BCUT2D eigenvalue weighted by Crippen LogP contribution is 2.36. The molecule has 1 heterocycles. The maximum Gasteiger partial charge on any atom is 0.373 e. The molecule has 8 heteroatoms. The molecule has 0 saturated carbocycles. The summed E-state index contributed by atoms with van der Waals surface area (Å²) in [4.78, 5) is 19.1. The van der Waals surface area contributed by atoms with Gasteiger partial charge in [0, 0.05) is 5.69 Å². The molecule has 0 unspecified atom stereocenters. The van der Waals surface area contributed by atoms with Gasteiger partial charge < -0.3 is 14.8 Å². The summed E-state index contributed by atoms with van der Waals surface area (Å²) < 4.78 is 11.1. The predicted octanol–water partition coefficient (Wildman–Crippen LogP) is 4.94. The topological polar surface area (TPSA) is 99.4 Å². The molecule has 144 valence electrons. The zero-order valence-corrected chi connectivity index (χ0v) is 15.8. The van der Waals surface area contributed by atoms with Gasteiger partial charge in [-0.3, -0.25) is 10.1 Å². The molecule has 0 aliphatic heterocycles. The maximum atomic E-state index is 11.7. The highest BCUT2D eigenvalue weighted by Gasteiger charge is 2.25. The largest absolute Gasteiger partial charge is 0.494 e. The lowest BCUT2D eigenvalue weighted by Gasteiger charge is -2.11. The lowest BCUT2D eigenvalue weighted by Crippen LogP contribution is -2.03. The SMILES string of the molecule is CCOc1ccc(Nc2ncnc(Oc3ccc(C)c(C)c3)c2[N+](=O)[O-])cc1. The third-order valence-corrected chi connectivity index (χ3v) is 4.09. The maximum absolute atomic E-state index is 11.7. The van der Waals surface area contributed by atoms with Crippen molar-refractivity contribution in [1.82, 2.24) is 9.97 Å². The first-order chi connectivity index (χ1) is 13.5. The van der Waals surface area contributed by atoms with Gasteiger partial charge in [-0.15, -0.1) is 0 Å². The van der Waals surface area contributed by atoms with Crippen molar-refractivity contribution < 1.29 is 14.4 Å². The molecule has 0 atom stereocenters. The minimum Gasteiger partial charge on any atom is -0.494 e. The fourth-order valence-corrected chi connectivity index (χ4v) is 2.52. The standard InChI is InChI=1S/C20H20N4O4/c1-4-27-16-9-6-15(7-10-16)23-19-18(24(25)26)20(22-12-21-19)28-17-8-5-13(2)14(3)11-17/h5-12H,4H2,1-3H3,(H,21,22,23). The van der Waals surface area contributed by atoms with Crippen molar-refractivity contribution in [3.05, 3.63) is 70.0 Å². The molecule has 1 N–H and O–H groups in total. The molecule has 8 nitrogen and oxygen atoms in total. The fraction of sp³-hybridized carbons (Fsp3) is 0.200. The zero-order chi connectivity index (χ0) is 20.1. The number of aryl methyl sites for hydroxylation is 2. The van der Waals surface area contributed by atoms with E-state index in [1.165, 1.54) is 6.33 Å². The van der Waals surface area contributed by atoms with Crippen LogP contribution in [0.15, 0.2) is 48.8 Å². The number of nitrogens with zero attached hydrogens (tertiary/aromatic N) is 3. The van der Waals surface area contributed by atoms with Gasteiger partial charge in [-0.05, 0) is 68.3 Å². The summed E-state index contributed by atoms with van der Waals surface area (Å²) in [5.74, 6) is 1.10.